The van der Waals surface area contributed by atoms with Gasteiger partial charge in [-0.05, 0) is 76.8 Å². The molecule has 20 nitrogen and oxygen atoms in total. The van der Waals surface area contributed by atoms with Crippen LogP contribution in [0.4, 0.5) is 0 Å². The van der Waals surface area contributed by atoms with Crippen molar-refractivity contribution in [3.8, 4) is 0 Å². The van der Waals surface area contributed by atoms with Crippen LogP contribution in [-0.4, -0.2) is 87.7 Å². The summed E-state index contributed by atoms with van der Waals surface area (Å²) in [5.74, 6) is -2.83. The summed E-state index contributed by atoms with van der Waals surface area (Å²) in [5, 5.41) is 7.47. The van der Waals surface area contributed by atoms with Crippen LogP contribution in [0, 0.1) is 0 Å². The van der Waals surface area contributed by atoms with E-state index in [1.54, 1.807) is 36.4 Å². The molecule has 9 rings (SSSR count). The van der Waals surface area contributed by atoms with Gasteiger partial charge in [-0.3, -0.25) is 18.1 Å². The number of benzene rings is 8. The Hall–Kier alpha value is -4.78. The molecule has 8 N–H and O–H groups in total. The summed E-state index contributed by atoms with van der Waals surface area (Å²) in [6.07, 6.45) is -16.9. The SMILES string of the molecule is O=C(O[C@@H]1C(OP(=O)(O)O)[C@H](OC(=O)c2ccc3ccc4cccc5ccc2c3c45)[C@@H](OP(=O)(O)O)C(OP(=O)(O)O)[C@H]1OP(=O)(O)O)c1ccc2ccc3cccc4ccc1c2c34. The normalized spacial score (nSPS) is 21.4. The molecule has 0 amide bonds. The molecule has 1 aliphatic rings. The molecule has 1 saturated carbocycles. The maximum atomic E-state index is 14.5. The maximum absolute atomic E-state index is 14.5. The highest BCUT2D eigenvalue weighted by Gasteiger charge is 2.62. The van der Waals surface area contributed by atoms with Gasteiger partial charge in [0.15, 0.2) is 12.2 Å². The molecule has 0 heterocycles. The van der Waals surface area contributed by atoms with Gasteiger partial charge in [0.2, 0.25) is 0 Å². The molecule has 0 bridgehead atoms. The Balaban J connectivity index is 1.22. The topological polar surface area (TPSA) is 320 Å². The van der Waals surface area contributed by atoms with Crippen LogP contribution in [0.25, 0.3) is 64.6 Å². The summed E-state index contributed by atoms with van der Waals surface area (Å²) >= 11 is 0. The molecular formula is C40H32O20P4. The minimum absolute atomic E-state index is 0.241. The third kappa shape index (κ3) is 8.58. The van der Waals surface area contributed by atoms with Crippen molar-refractivity contribution >= 4 is 108 Å². The van der Waals surface area contributed by atoms with Gasteiger partial charge in [-0.25, -0.2) is 27.8 Å². The third-order valence-corrected chi connectivity index (χ3v) is 13.0. The Morgan fingerprint density at radius 2 is 0.594 bits per heavy atom. The van der Waals surface area contributed by atoms with E-state index in [1.165, 1.54) is 24.3 Å². The van der Waals surface area contributed by atoms with Crippen LogP contribution in [0.15, 0.2) is 109 Å². The summed E-state index contributed by atoms with van der Waals surface area (Å²) < 4.78 is 81.4. The highest BCUT2D eigenvalue weighted by molar-refractivity contribution is 7.47. The number of phosphoric ester groups is 4. The molecule has 0 spiro atoms. The van der Waals surface area contributed by atoms with Gasteiger partial charge in [-0.2, -0.15) is 0 Å². The van der Waals surface area contributed by atoms with Gasteiger partial charge in [0.25, 0.3) is 0 Å². The molecule has 0 aromatic heterocycles. The lowest BCUT2D eigenvalue weighted by Gasteiger charge is -2.47. The van der Waals surface area contributed by atoms with E-state index in [1.807, 2.05) is 48.5 Å². The zero-order valence-corrected chi connectivity index (χ0v) is 35.7. The molecular weight excluding hydrogens is 924 g/mol. The van der Waals surface area contributed by atoms with E-state index in [0.29, 0.717) is 21.5 Å². The van der Waals surface area contributed by atoms with Gasteiger partial charge >= 0.3 is 43.2 Å². The molecule has 2 unspecified atom stereocenters. The Morgan fingerprint density at radius 1 is 0.344 bits per heavy atom. The predicted molar refractivity (Wildman–Crippen MR) is 226 cm³/mol. The number of carbonyl (C=O) groups is 2. The van der Waals surface area contributed by atoms with Crippen molar-refractivity contribution in [2.45, 2.75) is 36.6 Å². The lowest BCUT2D eigenvalue weighted by molar-refractivity contribution is -0.209. The Morgan fingerprint density at radius 3 is 0.906 bits per heavy atom. The second kappa shape index (κ2) is 16.0. The van der Waals surface area contributed by atoms with Gasteiger partial charge in [0, 0.05) is 0 Å². The van der Waals surface area contributed by atoms with Crippen LogP contribution in [0.2, 0.25) is 0 Å². The number of carbonyl (C=O) groups excluding carboxylic acids is 2. The molecule has 8 aromatic carbocycles. The number of rotatable bonds is 12. The smallest absolute Gasteiger partial charge is 0.453 e. The molecule has 24 heteroatoms. The molecule has 0 radical (unpaired) electrons. The van der Waals surface area contributed by atoms with Crippen LogP contribution < -0.4 is 0 Å². The summed E-state index contributed by atoms with van der Waals surface area (Å²) in [4.78, 5) is 110. The minimum Gasteiger partial charge on any atom is -0.453 e. The van der Waals surface area contributed by atoms with E-state index in [0.717, 1.165) is 32.3 Å². The summed E-state index contributed by atoms with van der Waals surface area (Å²) in [6, 6.07) is 30.3. The minimum atomic E-state index is -6.01. The van der Waals surface area contributed by atoms with E-state index in [4.69, 9.17) is 27.6 Å². The largest absolute Gasteiger partial charge is 0.470 e. The number of ether oxygens (including phenoxy) is 2. The van der Waals surface area contributed by atoms with Crippen LogP contribution in [0.1, 0.15) is 20.7 Å². The van der Waals surface area contributed by atoms with Crippen LogP contribution in [0.3, 0.4) is 0 Å². The molecule has 0 saturated heterocycles. The zero-order chi connectivity index (χ0) is 45.7. The number of hydrogen-bond donors (Lipinski definition) is 8. The summed E-state index contributed by atoms with van der Waals surface area (Å²) in [7, 11) is -24.0. The Labute approximate surface area is 358 Å². The summed E-state index contributed by atoms with van der Waals surface area (Å²) in [5.41, 5.74) is -0.530. The van der Waals surface area contributed by atoms with Gasteiger partial charge < -0.3 is 48.6 Å². The van der Waals surface area contributed by atoms with Crippen LogP contribution in [-0.2, 0) is 45.8 Å². The second-order valence-electron chi connectivity index (χ2n) is 14.9. The fourth-order valence-corrected chi connectivity index (χ4v) is 10.9. The van der Waals surface area contributed by atoms with Crippen molar-refractivity contribution in [1.29, 1.82) is 0 Å². The first-order valence-electron chi connectivity index (χ1n) is 18.7. The number of phosphoric acid groups is 4. The number of hydrogen-bond acceptors (Lipinski definition) is 12. The monoisotopic (exact) mass is 956 g/mol. The fraction of sp³-hybridized carbons (Fsp3) is 0.150. The first kappa shape index (κ1) is 44.4. The maximum Gasteiger partial charge on any atom is 0.470 e. The average molecular weight is 957 g/mol. The lowest BCUT2D eigenvalue weighted by atomic mass is 9.84. The predicted octanol–water partition coefficient (Wildman–Crippen LogP) is 6.16. The first-order chi connectivity index (χ1) is 30.0. The highest BCUT2D eigenvalue weighted by atomic mass is 31.2. The fourth-order valence-electron chi connectivity index (χ4n) is 8.70. The van der Waals surface area contributed by atoms with Crippen LogP contribution in [0.5, 0.6) is 0 Å². The molecule has 8 aromatic rings. The van der Waals surface area contributed by atoms with Gasteiger partial charge in [0.05, 0.1) is 11.1 Å². The zero-order valence-electron chi connectivity index (χ0n) is 32.1. The molecule has 6 atom stereocenters. The molecule has 64 heavy (non-hydrogen) atoms. The van der Waals surface area contributed by atoms with Crippen molar-refractivity contribution in [3.05, 3.63) is 120 Å². The van der Waals surface area contributed by atoms with Gasteiger partial charge in [0.1, 0.15) is 24.4 Å². The number of esters is 2. The van der Waals surface area contributed by atoms with Crippen molar-refractivity contribution in [2.75, 3.05) is 0 Å². The van der Waals surface area contributed by atoms with Crippen LogP contribution >= 0.6 is 31.3 Å². The Kier molecular flexibility index (Phi) is 11.1. The second-order valence-corrected chi connectivity index (χ2v) is 19.7. The first-order valence-corrected chi connectivity index (χ1v) is 24.9. The summed E-state index contributed by atoms with van der Waals surface area (Å²) in [6.45, 7) is 0. The van der Waals surface area contributed by atoms with E-state index in [9.17, 15) is 67.0 Å². The third-order valence-electron chi connectivity index (χ3n) is 11.0. The van der Waals surface area contributed by atoms with E-state index in [-0.39, 0.29) is 21.9 Å². The van der Waals surface area contributed by atoms with Crippen molar-refractivity contribution < 1.29 is 94.6 Å². The van der Waals surface area contributed by atoms with E-state index in [2.05, 4.69) is 0 Å². The van der Waals surface area contributed by atoms with Gasteiger partial charge in [-0.1, -0.05) is 97.1 Å². The standard InChI is InChI=1S/C40H32O20P4/c41-39(27-17-13-23-9-7-19-3-1-5-21-11-15-25(27)31(23)29(19)21)55-33-35(57-61(43,44)45)34(37(59-63(49,50)51)38(60-64(52,53)54)36(33)58-62(46,47)48)56-40(42)28-18-14-24-10-8-20-4-2-6-22-12-16-26(28)32(24)30(20)22/h1-18,33-38H,(H2,43,44,45)(H2,46,47,48)(H2,49,50,51)(H2,52,53,54)/t33-,34+,35?,36+,37-,38?. The Bertz CT molecular complexity index is 3130. The quantitative estimate of drug-likeness (QED) is 0.0386. The highest BCUT2D eigenvalue weighted by Crippen LogP contribution is 2.54. The van der Waals surface area contributed by atoms with E-state index < -0.39 is 79.9 Å². The average Bonchev–Trinajstić information content (AvgIpc) is 3.21. The molecule has 332 valence electrons. The van der Waals surface area contributed by atoms with E-state index >= 15 is 0 Å². The van der Waals surface area contributed by atoms with Crippen molar-refractivity contribution in [2.24, 2.45) is 0 Å². The van der Waals surface area contributed by atoms with Crippen molar-refractivity contribution in [1.82, 2.24) is 0 Å². The van der Waals surface area contributed by atoms with Gasteiger partial charge in [-0.15, -0.1) is 0 Å². The molecule has 1 aliphatic carbocycles. The molecule has 1 fully saturated rings. The lowest BCUT2D eigenvalue weighted by Crippen LogP contribution is -2.67. The van der Waals surface area contributed by atoms with Crippen molar-refractivity contribution in [3.63, 3.8) is 0 Å². The molecule has 0 aliphatic heterocycles.